The van der Waals surface area contributed by atoms with Gasteiger partial charge in [-0.25, -0.2) is 0 Å². The molecule has 1 aromatic heterocycles. The van der Waals surface area contributed by atoms with Crippen molar-refractivity contribution >= 4 is 5.78 Å². The Kier molecular flexibility index (Phi) is 4.58. The van der Waals surface area contributed by atoms with Crippen LogP contribution in [0.3, 0.4) is 0 Å². The maximum Gasteiger partial charge on any atom is 0.195 e. The van der Waals surface area contributed by atoms with E-state index in [1.54, 1.807) is 7.11 Å². The van der Waals surface area contributed by atoms with Crippen LogP contribution >= 0.6 is 0 Å². The molecule has 1 heterocycles. The third-order valence-electron chi connectivity index (χ3n) is 4.61. The van der Waals surface area contributed by atoms with E-state index in [-0.39, 0.29) is 5.78 Å². The summed E-state index contributed by atoms with van der Waals surface area (Å²) < 4.78 is 5.25. The first-order valence-corrected chi connectivity index (χ1v) is 8.79. The van der Waals surface area contributed by atoms with Crippen LogP contribution in [-0.2, 0) is 0 Å². The normalized spacial score (nSPS) is 10.6. The number of benzene rings is 3. The molecular formula is C24H19NO2. The maximum absolute atomic E-state index is 13.4. The second-order valence-electron chi connectivity index (χ2n) is 6.24. The van der Waals surface area contributed by atoms with E-state index >= 15 is 0 Å². The second kappa shape index (κ2) is 7.34. The summed E-state index contributed by atoms with van der Waals surface area (Å²) in [5.74, 6) is 0.787. The fraction of sp³-hybridized carbons (Fsp3) is 0.0417. The number of ketones is 1. The Balaban J connectivity index is 1.89. The smallest absolute Gasteiger partial charge is 0.195 e. The van der Waals surface area contributed by atoms with Crippen molar-refractivity contribution in [1.29, 1.82) is 0 Å². The molecule has 3 nitrogen and oxygen atoms in total. The SMILES string of the molecule is COc1ccc(-c2c[nH]c(-c3ccccc3)c2C(=O)c2ccccc2)cc1. The molecule has 0 spiro atoms. The number of carbonyl (C=O) groups is 1. The number of carbonyl (C=O) groups excluding carboxylic acids is 1. The van der Waals surface area contributed by atoms with Crippen molar-refractivity contribution in [3.05, 3.63) is 102 Å². The summed E-state index contributed by atoms with van der Waals surface area (Å²) in [6, 6.07) is 27.1. The third kappa shape index (κ3) is 3.27. The fourth-order valence-electron chi connectivity index (χ4n) is 3.22. The first-order valence-electron chi connectivity index (χ1n) is 8.79. The third-order valence-corrected chi connectivity index (χ3v) is 4.61. The van der Waals surface area contributed by atoms with Gasteiger partial charge in [-0.15, -0.1) is 0 Å². The largest absolute Gasteiger partial charge is 0.497 e. The molecule has 27 heavy (non-hydrogen) atoms. The molecule has 4 aromatic rings. The van der Waals surface area contributed by atoms with Crippen LogP contribution in [0.1, 0.15) is 15.9 Å². The van der Waals surface area contributed by atoms with Crippen molar-refractivity contribution in [2.45, 2.75) is 0 Å². The molecule has 0 atom stereocenters. The summed E-state index contributed by atoms with van der Waals surface area (Å²) in [7, 11) is 1.64. The lowest BCUT2D eigenvalue weighted by Gasteiger charge is -2.08. The number of hydrogen-bond donors (Lipinski definition) is 1. The summed E-state index contributed by atoms with van der Waals surface area (Å²) in [5, 5.41) is 0. The Morgan fingerprint density at radius 3 is 2.04 bits per heavy atom. The van der Waals surface area contributed by atoms with E-state index in [9.17, 15) is 4.79 Å². The zero-order valence-electron chi connectivity index (χ0n) is 15.0. The predicted octanol–water partition coefficient (Wildman–Crippen LogP) is 5.59. The monoisotopic (exact) mass is 353 g/mol. The van der Waals surface area contributed by atoms with Gasteiger partial charge in [0.2, 0.25) is 0 Å². The topological polar surface area (TPSA) is 42.1 Å². The van der Waals surface area contributed by atoms with Gasteiger partial charge in [-0.1, -0.05) is 72.8 Å². The molecule has 0 unspecified atom stereocenters. The summed E-state index contributed by atoms with van der Waals surface area (Å²) in [4.78, 5) is 16.7. The van der Waals surface area contributed by atoms with Gasteiger partial charge in [0.05, 0.1) is 18.4 Å². The van der Waals surface area contributed by atoms with Gasteiger partial charge in [-0.3, -0.25) is 4.79 Å². The van der Waals surface area contributed by atoms with Gasteiger partial charge in [0, 0.05) is 17.3 Å². The maximum atomic E-state index is 13.4. The summed E-state index contributed by atoms with van der Waals surface area (Å²) in [6.07, 6.45) is 1.90. The van der Waals surface area contributed by atoms with Crippen molar-refractivity contribution in [3.63, 3.8) is 0 Å². The Bertz CT molecular complexity index is 1050. The predicted molar refractivity (Wildman–Crippen MR) is 108 cm³/mol. The first-order chi connectivity index (χ1) is 13.3. The minimum atomic E-state index is 0.00141. The molecule has 0 bridgehead atoms. The molecule has 0 aliphatic rings. The van der Waals surface area contributed by atoms with Crippen LogP contribution < -0.4 is 4.74 Å². The van der Waals surface area contributed by atoms with Crippen molar-refractivity contribution in [2.75, 3.05) is 7.11 Å². The van der Waals surface area contributed by atoms with E-state index < -0.39 is 0 Å². The molecule has 0 saturated carbocycles. The van der Waals surface area contributed by atoms with Gasteiger partial charge in [0.15, 0.2) is 5.78 Å². The highest BCUT2D eigenvalue weighted by Gasteiger charge is 2.22. The number of ether oxygens (including phenoxy) is 1. The zero-order valence-corrected chi connectivity index (χ0v) is 15.0. The molecule has 132 valence electrons. The Hall–Kier alpha value is -3.59. The number of hydrogen-bond acceptors (Lipinski definition) is 2. The molecule has 0 aliphatic heterocycles. The molecule has 3 aromatic carbocycles. The molecule has 1 N–H and O–H groups in total. The van der Waals surface area contributed by atoms with Crippen LogP contribution in [0, 0.1) is 0 Å². The zero-order chi connectivity index (χ0) is 18.6. The number of rotatable bonds is 5. The Morgan fingerprint density at radius 1 is 0.778 bits per heavy atom. The van der Waals surface area contributed by atoms with Gasteiger partial charge in [-0.2, -0.15) is 0 Å². The van der Waals surface area contributed by atoms with Gasteiger partial charge < -0.3 is 9.72 Å². The van der Waals surface area contributed by atoms with E-state index in [2.05, 4.69) is 4.98 Å². The molecular weight excluding hydrogens is 334 g/mol. The number of methoxy groups -OCH3 is 1. The lowest BCUT2D eigenvalue weighted by Crippen LogP contribution is -2.03. The minimum Gasteiger partial charge on any atom is -0.497 e. The molecule has 4 rings (SSSR count). The number of aromatic amines is 1. The molecule has 0 saturated heterocycles. The van der Waals surface area contributed by atoms with Crippen LogP contribution in [0.2, 0.25) is 0 Å². The van der Waals surface area contributed by atoms with Gasteiger partial charge in [-0.05, 0) is 23.3 Å². The molecule has 0 aliphatic carbocycles. The quantitative estimate of drug-likeness (QED) is 0.475. The van der Waals surface area contributed by atoms with Crippen molar-refractivity contribution in [2.24, 2.45) is 0 Å². The van der Waals surface area contributed by atoms with Gasteiger partial charge >= 0.3 is 0 Å². The van der Waals surface area contributed by atoms with Crippen LogP contribution in [0.4, 0.5) is 0 Å². The average molecular weight is 353 g/mol. The van der Waals surface area contributed by atoms with Crippen molar-refractivity contribution in [3.8, 4) is 28.1 Å². The van der Waals surface area contributed by atoms with Gasteiger partial charge in [0.1, 0.15) is 5.75 Å². The number of aromatic nitrogens is 1. The van der Waals surface area contributed by atoms with Crippen LogP contribution in [0.15, 0.2) is 91.1 Å². The van der Waals surface area contributed by atoms with E-state index in [0.717, 1.165) is 28.1 Å². The first kappa shape index (κ1) is 16.9. The molecule has 3 heteroatoms. The summed E-state index contributed by atoms with van der Waals surface area (Å²) in [5.41, 5.74) is 5.01. The standard InChI is InChI=1S/C24H19NO2/c1-27-20-14-12-17(13-15-20)21-16-25-23(18-8-4-2-5-9-18)22(21)24(26)19-10-6-3-7-11-19/h2-16,25H,1H3. The van der Waals surface area contributed by atoms with E-state index in [1.807, 2.05) is 91.1 Å². The van der Waals surface area contributed by atoms with Crippen LogP contribution in [0.25, 0.3) is 22.4 Å². The van der Waals surface area contributed by atoms with Gasteiger partial charge in [0.25, 0.3) is 0 Å². The van der Waals surface area contributed by atoms with E-state index in [1.165, 1.54) is 0 Å². The fourth-order valence-corrected chi connectivity index (χ4v) is 3.22. The summed E-state index contributed by atoms with van der Waals surface area (Å²) in [6.45, 7) is 0. The van der Waals surface area contributed by atoms with Crippen LogP contribution in [-0.4, -0.2) is 17.9 Å². The highest BCUT2D eigenvalue weighted by Crippen LogP contribution is 2.34. The lowest BCUT2D eigenvalue weighted by molar-refractivity contribution is 0.104. The molecule has 0 fully saturated rings. The highest BCUT2D eigenvalue weighted by atomic mass is 16.5. The van der Waals surface area contributed by atoms with E-state index in [0.29, 0.717) is 11.1 Å². The summed E-state index contributed by atoms with van der Waals surface area (Å²) >= 11 is 0. The second-order valence-corrected chi connectivity index (χ2v) is 6.24. The van der Waals surface area contributed by atoms with Crippen molar-refractivity contribution in [1.82, 2.24) is 4.98 Å². The van der Waals surface area contributed by atoms with E-state index in [4.69, 9.17) is 4.74 Å². The Morgan fingerprint density at radius 2 is 1.41 bits per heavy atom. The Labute approximate surface area is 158 Å². The highest BCUT2D eigenvalue weighted by molar-refractivity contribution is 6.16. The number of H-pyrrole nitrogens is 1. The molecule has 0 radical (unpaired) electrons. The molecule has 0 amide bonds. The average Bonchev–Trinajstić information content (AvgIpc) is 3.19. The number of nitrogens with one attached hydrogen (secondary N) is 1. The van der Waals surface area contributed by atoms with Crippen LogP contribution in [0.5, 0.6) is 5.75 Å². The van der Waals surface area contributed by atoms with Crippen molar-refractivity contribution < 1.29 is 9.53 Å². The lowest BCUT2D eigenvalue weighted by atomic mass is 9.93. The minimum absolute atomic E-state index is 0.00141.